The molecule has 1 aromatic rings. The number of esters is 1. The Kier molecular flexibility index (Phi) is 6.66. The molecule has 1 heterocycles. The minimum absolute atomic E-state index is 0.275. The van der Waals surface area contributed by atoms with Crippen molar-refractivity contribution in [2.75, 3.05) is 26.4 Å². The summed E-state index contributed by atoms with van der Waals surface area (Å²) in [5.41, 5.74) is 0.789. The molecule has 0 fully saturated rings. The molecule has 0 radical (unpaired) electrons. The highest BCUT2D eigenvalue weighted by atomic mass is 16.6. The average Bonchev–Trinajstić information content (AvgIpc) is 2.57. The second-order valence-corrected chi connectivity index (χ2v) is 5.88. The lowest BCUT2D eigenvalue weighted by atomic mass is 10.1. The van der Waals surface area contributed by atoms with Crippen molar-refractivity contribution in [2.45, 2.75) is 20.3 Å². The number of fused-ring (bicyclic) bond motifs is 1. The van der Waals surface area contributed by atoms with Crippen LogP contribution in [-0.4, -0.2) is 38.2 Å². The van der Waals surface area contributed by atoms with Gasteiger partial charge in [0.2, 0.25) is 0 Å². The first-order valence-corrected chi connectivity index (χ1v) is 8.06. The molecule has 1 amide bonds. The van der Waals surface area contributed by atoms with Crippen LogP contribution in [0, 0.1) is 5.92 Å². The van der Waals surface area contributed by atoms with Gasteiger partial charge < -0.3 is 19.5 Å². The maximum Gasteiger partial charge on any atom is 0.331 e. The summed E-state index contributed by atoms with van der Waals surface area (Å²) in [6.07, 6.45) is 3.79. The summed E-state index contributed by atoms with van der Waals surface area (Å²) in [5, 5.41) is 2.71. The second kappa shape index (κ2) is 8.96. The minimum atomic E-state index is -0.566. The monoisotopic (exact) mass is 333 g/mol. The normalized spacial score (nSPS) is 13.1. The summed E-state index contributed by atoms with van der Waals surface area (Å²) in [4.78, 5) is 23.2. The van der Waals surface area contributed by atoms with Crippen molar-refractivity contribution < 1.29 is 23.8 Å². The molecule has 0 spiro atoms. The molecule has 6 nitrogen and oxygen atoms in total. The molecule has 2 rings (SSSR count). The van der Waals surface area contributed by atoms with E-state index >= 15 is 0 Å². The first kappa shape index (κ1) is 17.8. The van der Waals surface area contributed by atoms with E-state index in [1.807, 2.05) is 6.07 Å². The first-order valence-electron chi connectivity index (χ1n) is 8.06. The molecule has 0 atom stereocenters. The molecule has 1 aliphatic rings. The molecule has 0 bridgehead atoms. The van der Waals surface area contributed by atoms with Crippen molar-refractivity contribution in [3.63, 3.8) is 0 Å². The third-order valence-electron chi connectivity index (χ3n) is 3.37. The zero-order chi connectivity index (χ0) is 17.4. The Balaban J connectivity index is 1.75. The Morgan fingerprint density at radius 3 is 2.75 bits per heavy atom. The smallest absolute Gasteiger partial charge is 0.331 e. The van der Waals surface area contributed by atoms with Crippen molar-refractivity contribution in [2.24, 2.45) is 5.92 Å². The number of hydrogen-bond acceptors (Lipinski definition) is 5. The van der Waals surface area contributed by atoms with Gasteiger partial charge in [0, 0.05) is 12.6 Å². The summed E-state index contributed by atoms with van der Waals surface area (Å²) >= 11 is 0. The number of amides is 1. The first-order chi connectivity index (χ1) is 11.5. The van der Waals surface area contributed by atoms with Gasteiger partial charge in [-0.15, -0.1) is 0 Å². The van der Waals surface area contributed by atoms with E-state index in [0.717, 1.165) is 12.0 Å². The Morgan fingerprint density at radius 1 is 1.25 bits per heavy atom. The highest BCUT2D eigenvalue weighted by molar-refractivity contribution is 5.89. The minimum Gasteiger partial charge on any atom is -0.486 e. The van der Waals surface area contributed by atoms with Crippen molar-refractivity contribution in [1.82, 2.24) is 5.32 Å². The van der Waals surface area contributed by atoms with E-state index < -0.39 is 5.97 Å². The van der Waals surface area contributed by atoms with E-state index in [-0.39, 0.29) is 12.5 Å². The maximum absolute atomic E-state index is 11.6. The number of carbonyl (C=O) groups is 2. The molecular formula is C18H23NO5. The van der Waals surface area contributed by atoms with Crippen LogP contribution in [0.5, 0.6) is 11.5 Å². The molecule has 130 valence electrons. The van der Waals surface area contributed by atoms with Crippen molar-refractivity contribution in [3.8, 4) is 11.5 Å². The van der Waals surface area contributed by atoms with Gasteiger partial charge in [-0.05, 0) is 36.1 Å². The van der Waals surface area contributed by atoms with Crippen LogP contribution in [0.3, 0.4) is 0 Å². The van der Waals surface area contributed by atoms with Crippen LogP contribution in [-0.2, 0) is 14.3 Å². The van der Waals surface area contributed by atoms with Gasteiger partial charge in [-0.2, -0.15) is 0 Å². The number of carbonyl (C=O) groups excluding carboxylic acids is 2. The molecule has 0 saturated carbocycles. The largest absolute Gasteiger partial charge is 0.486 e. The Morgan fingerprint density at radius 2 is 2.00 bits per heavy atom. The fourth-order valence-electron chi connectivity index (χ4n) is 2.06. The highest BCUT2D eigenvalue weighted by Gasteiger charge is 2.11. The van der Waals surface area contributed by atoms with E-state index in [1.165, 1.54) is 6.08 Å². The van der Waals surface area contributed by atoms with E-state index in [9.17, 15) is 9.59 Å². The Bertz CT molecular complexity index is 609. The Labute approximate surface area is 141 Å². The van der Waals surface area contributed by atoms with E-state index in [0.29, 0.717) is 37.2 Å². The van der Waals surface area contributed by atoms with E-state index in [2.05, 4.69) is 19.2 Å². The SMILES string of the molecule is CC(C)CCNC(=O)COC(=O)/C=C/c1ccc2c(c1)OCCO2. The van der Waals surface area contributed by atoms with Crippen LogP contribution in [0.15, 0.2) is 24.3 Å². The predicted molar refractivity (Wildman–Crippen MR) is 89.9 cm³/mol. The van der Waals surface area contributed by atoms with Crippen LogP contribution in [0.4, 0.5) is 0 Å². The summed E-state index contributed by atoms with van der Waals surface area (Å²) in [7, 11) is 0. The lowest BCUT2D eigenvalue weighted by molar-refractivity contribution is -0.143. The van der Waals surface area contributed by atoms with Crippen molar-refractivity contribution >= 4 is 18.0 Å². The molecule has 24 heavy (non-hydrogen) atoms. The molecular weight excluding hydrogens is 310 g/mol. The van der Waals surface area contributed by atoms with E-state index in [4.69, 9.17) is 14.2 Å². The third kappa shape index (κ3) is 5.95. The van der Waals surface area contributed by atoms with Gasteiger partial charge in [-0.1, -0.05) is 19.9 Å². The molecule has 1 aliphatic heterocycles. The number of hydrogen-bond donors (Lipinski definition) is 1. The van der Waals surface area contributed by atoms with Crippen molar-refractivity contribution in [1.29, 1.82) is 0 Å². The fourth-order valence-corrected chi connectivity index (χ4v) is 2.06. The van der Waals surface area contributed by atoms with E-state index in [1.54, 1.807) is 18.2 Å². The Hall–Kier alpha value is -2.50. The third-order valence-corrected chi connectivity index (χ3v) is 3.37. The average molecular weight is 333 g/mol. The molecule has 0 aromatic heterocycles. The topological polar surface area (TPSA) is 73.9 Å². The molecule has 1 aromatic carbocycles. The van der Waals surface area contributed by atoms with Crippen LogP contribution in [0.1, 0.15) is 25.8 Å². The number of ether oxygens (including phenoxy) is 3. The summed E-state index contributed by atoms with van der Waals surface area (Å²) in [5.74, 6) is 1.00. The zero-order valence-corrected chi connectivity index (χ0v) is 14.0. The lowest BCUT2D eigenvalue weighted by Gasteiger charge is -2.18. The summed E-state index contributed by atoms with van der Waals surface area (Å²) in [6, 6.07) is 5.40. The number of benzene rings is 1. The van der Waals surface area contributed by atoms with Gasteiger partial charge >= 0.3 is 5.97 Å². The van der Waals surface area contributed by atoms with Gasteiger partial charge in [0.05, 0.1) is 0 Å². The number of nitrogens with one attached hydrogen (secondary N) is 1. The van der Waals surface area contributed by atoms with Crippen LogP contribution in [0.25, 0.3) is 6.08 Å². The molecule has 0 aliphatic carbocycles. The van der Waals surface area contributed by atoms with Crippen LogP contribution < -0.4 is 14.8 Å². The summed E-state index contributed by atoms with van der Waals surface area (Å²) < 4.78 is 15.8. The lowest BCUT2D eigenvalue weighted by Crippen LogP contribution is -2.29. The van der Waals surface area contributed by atoms with Gasteiger partial charge in [0.25, 0.3) is 5.91 Å². The fraction of sp³-hybridized carbons (Fsp3) is 0.444. The molecule has 0 saturated heterocycles. The van der Waals surface area contributed by atoms with Crippen LogP contribution >= 0.6 is 0 Å². The standard InChI is InChI=1S/C18H23NO5/c1-13(2)7-8-19-17(20)12-24-18(21)6-4-14-3-5-15-16(11-14)23-10-9-22-15/h3-6,11,13H,7-10,12H2,1-2H3,(H,19,20)/b6-4+. The maximum atomic E-state index is 11.6. The van der Waals surface area contributed by atoms with Gasteiger partial charge in [-0.25, -0.2) is 4.79 Å². The molecule has 6 heteroatoms. The second-order valence-electron chi connectivity index (χ2n) is 5.88. The van der Waals surface area contributed by atoms with Gasteiger partial charge in [-0.3, -0.25) is 4.79 Å². The predicted octanol–water partition coefficient (Wildman–Crippen LogP) is 2.18. The van der Waals surface area contributed by atoms with Gasteiger partial charge in [0.1, 0.15) is 13.2 Å². The molecule has 1 N–H and O–H groups in total. The summed E-state index contributed by atoms with van der Waals surface area (Å²) in [6.45, 7) is 5.51. The zero-order valence-electron chi connectivity index (χ0n) is 14.0. The number of rotatable bonds is 7. The van der Waals surface area contributed by atoms with Crippen LogP contribution in [0.2, 0.25) is 0 Å². The van der Waals surface area contributed by atoms with Gasteiger partial charge in [0.15, 0.2) is 18.1 Å². The molecule has 0 unspecified atom stereocenters. The van der Waals surface area contributed by atoms with Crippen molar-refractivity contribution in [3.05, 3.63) is 29.8 Å². The quantitative estimate of drug-likeness (QED) is 0.611. The highest BCUT2D eigenvalue weighted by Crippen LogP contribution is 2.31.